The van der Waals surface area contributed by atoms with Crippen LogP contribution >= 0.6 is 0 Å². The van der Waals surface area contributed by atoms with Crippen LogP contribution in [0, 0.1) is 6.92 Å². The van der Waals surface area contributed by atoms with E-state index in [1.165, 1.54) is 36.2 Å². The van der Waals surface area contributed by atoms with Crippen LogP contribution in [0.5, 0.6) is 0 Å². The first kappa shape index (κ1) is 15.0. The minimum atomic E-state index is 1.01. The van der Waals surface area contributed by atoms with Crippen molar-refractivity contribution in [1.29, 1.82) is 0 Å². The number of benzene rings is 1. The number of nitrogens with one attached hydrogen (secondary N) is 1. The fraction of sp³-hybridized carbons (Fsp3) is 0.588. The molecule has 2 rings (SSSR count). The van der Waals surface area contributed by atoms with Crippen molar-refractivity contribution in [3.05, 3.63) is 29.6 Å². The van der Waals surface area contributed by atoms with Gasteiger partial charge in [0.25, 0.3) is 0 Å². The fourth-order valence-electron chi connectivity index (χ4n) is 2.55. The summed E-state index contributed by atoms with van der Waals surface area (Å²) in [7, 11) is 0. The van der Waals surface area contributed by atoms with E-state index in [9.17, 15) is 0 Å². The van der Waals surface area contributed by atoms with Gasteiger partial charge in [-0.3, -0.25) is 0 Å². The van der Waals surface area contributed by atoms with Gasteiger partial charge in [-0.1, -0.05) is 26.3 Å². The molecule has 0 spiro atoms. The van der Waals surface area contributed by atoms with Crippen molar-refractivity contribution >= 4 is 11.0 Å². The first-order valence-electron chi connectivity index (χ1n) is 7.92. The molecule has 2 aromatic rings. The zero-order valence-corrected chi connectivity index (χ0v) is 13.1. The number of fused-ring (bicyclic) bond motifs is 1. The number of hydrogen-bond donors (Lipinski definition) is 1. The zero-order chi connectivity index (χ0) is 14.4. The number of aryl methyl sites for hydroxylation is 2. The lowest BCUT2D eigenvalue weighted by Crippen LogP contribution is -2.19. The predicted octanol–water partition coefficient (Wildman–Crippen LogP) is 3.69. The molecule has 0 saturated carbocycles. The molecule has 3 nitrogen and oxygen atoms in total. The van der Waals surface area contributed by atoms with Gasteiger partial charge in [0.1, 0.15) is 5.82 Å². The third-order valence-corrected chi connectivity index (χ3v) is 3.67. The van der Waals surface area contributed by atoms with Crippen LogP contribution in [0.15, 0.2) is 18.2 Å². The van der Waals surface area contributed by atoms with Crippen LogP contribution in [0.3, 0.4) is 0 Å². The average molecular weight is 273 g/mol. The summed E-state index contributed by atoms with van der Waals surface area (Å²) in [4.78, 5) is 4.85. The van der Waals surface area contributed by atoms with E-state index in [0.29, 0.717) is 0 Å². The Kier molecular flexibility index (Phi) is 5.60. The maximum absolute atomic E-state index is 4.85. The van der Waals surface area contributed by atoms with Crippen molar-refractivity contribution in [3.8, 4) is 0 Å². The monoisotopic (exact) mass is 273 g/mol. The maximum Gasteiger partial charge on any atom is 0.111 e. The van der Waals surface area contributed by atoms with Gasteiger partial charge in [0.15, 0.2) is 0 Å². The molecule has 0 atom stereocenters. The fourth-order valence-corrected chi connectivity index (χ4v) is 2.55. The summed E-state index contributed by atoms with van der Waals surface area (Å²) < 4.78 is 2.41. The summed E-state index contributed by atoms with van der Waals surface area (Å²) in [5.41, 5.74) is 3.72. The lowest BCUT2D eigenvalue weighted by atomic mass is 10.2. The summed E-state index contributed by atoms with van der Waals surface area (Å²) >= 11 is 0. The Balaban J connectivity index is 2.21. The second kappa shape index (κ2) is 7.44. The Morgan fingerprint density at radius 2 is 2.00 bits per heavy atom. The van der Waals surface area contributed by atoms with E-state index in [0.717, 1.165) is 31.6 Å². The molecule has 0 fully saturated rings. The number of unbranched alkanes of at least 4 members (excludes halogenated alkanes) is 1. The number of aromatic nitrogens is 2. The van der Waals surface area contributed by atoms with Crippen molar-refractivity contribution in [2.24, 2.45) is 0 Å². The van der Waals surface area contributed by atoms with Crippen LogP contribution in [0.1, 0.15) is 44.5 Å². The highest BCUT2D eigenvalue weighted by Gasteiger charge is 2.10. The van der Waals surface area contributed by atoms with E-state index >= 15 is 0 Å². The topological polar surface area (TPSA) is 29.9 Å². The highest BCUT2D eigenvalue weighted by atomic mass is 15.1. The van der Waals surface area contributed by atoms with Crippen LogP contribution in [-0.4, -0.2) is 22.6 Å². The standard InChI is InChI=1S/C17H27N3/c1-4-6-12-20-16-8-7-14(3)13-15(16)19-17(20)9-11-18-10-5-2/h7-8,13,18H,4-6,9-12H2,1-3H3. The Bertz CT molecular complexity index is 542. The first-order chi connectivity index (χ1) is 9.76. The van der Waals surface area contributed by atoms with Gasteiger partial charge in [0, 0.05) is 19.5 Å². The molecule has 0 unspecified atom stereocenters. The molecule has 0 bridgehead atoms. The molecule has 0 aliphatic carbocycles. The van der Waals surface area contributed by atoms with E-state index in [1.807, 2.05) is 0 Å². The van der Waals surface area contributed by atoms with Gasteiger partial charge < -0.3 is 9.88 Å². The Hall–Kier alpha value is -1.35. The molecule has 0 aliphatic rings. The quantitative estimate of drug-likeness (QED) is 0.743. The van der Waals surface area contributed by atoms with Crippen LogP contribution in [0.4, 0.5) is 0 Å². The molecule has 1 heterocycles. The highest BCUT2D eigenvalue weighted by Crippen LogP contribution is 2.19. The summed E-state index contributed by atoms with van der Waals surface area (Å²) in [6, 6.07) is 6.60. The second-order valence-electron chi connectivity index (χ2n) is 5.53. The van der Waals surface area contributed by atoms with Crippen molar-refractivity contribution in [1.82, 2.24) is 14.9 Å². The highest BCUT2D eigenvalue weighted by molar-refractivity contribution is 5.76. The van der Waals surface area contributed by atoms with Gasteiger partial charge >= 0.3 is 0 Å². The summed E-state index contributed by atoms with van der Waals surface area (Å²) in [5.74, 6) is 1.22. The van der Waals surface area contributed by atoms with Gasteiger partial charge in [0.2, 0.25) is 0 Å². The van der Waals surface area contributed by atoms with Gasteiger partial charge in [-0.25, -0.2) is 4.98 Å². The molecule has 3 heteroatoms. The van der Waals surface area contributed by atoms with E-state index in [-0.39, 0.29) is 0 Å². The number of hydrogen-bond acceptors (Lipinski definition) is 2. The molecular formula is C17H27N3. The van der Waals surface area contributed by atoms with Gasteiger partial charge in [-0.2, -0.15) is 0 Å². The average Bonchev–Trinajstić information content (AvgIpc) is 2.78. The Morgan fingerprint density at radius 1 is 1.15 bits per heavy atom. The SMILES string of the molecule is CCCCn1c(CCNCCC)nc2cc(C)ccc21. The van der Waals surface area contributed by atoms with Crippen molar-refractivity contribution in [2.45, 2.75) is 53.0 Å². The molecule has 0 saturated heterocycles. The molecule has 1 aromatic heterocycles. The zero-order valence-electron chi connectivity index (χ0n) is 13.1. The lowest BCUT2D eigenvalue weighted by Gasteiger charge is -2.09. The minimum absolute atomic E-state index is 1.01. The summed E-state index contributed by atoms with van der Waals surface area (Å²) in [5, 5.41) is 3.47. The van der Waals surface area contributed by atoms with Gasteiger partial charge in [-0.05, 0) is 44.0 Å². The van der Waals surface area contributed by atoms with E-state index in [1.54, 1.807) is 0 Å². The van der Waals surface area contributed by atoms with Crippen molar-refractivity contribution < 1.29 is 0 Å². The number of rotatable bonds is 8. The smallest absolute Gasteiger partial charge is 0.111 e. The molecule has 0 radical (unpaired) electrons. The van der Waals surface area contributed by atoms with Crippen LogP contribution in [0.25, 0.3) is 11.0 Å². The summed E-state index contributed by atoms with van der Waals surface area (Å²) in [6.07, 6.45) is 4.64. The lowest BCUT2D eigenvalue weighted by molar-refractivity contribution is 0.594. The molecule has 1 aromatic carbocycles. The van der Waals surface area contributed by atoms with E-state index in [4.69, 9.17) is 4.98 Å². The number of imidazole rings is 1. The first-order valence-corrected chi connectivity index (χ1v) is 7.92. The molecule has 1 N–H and O–H groups in total. The van der Waals surface area contributed by atoms with Crippen molar-refractivity contribution in [3.63, 3.8) is 0 Å². The Labute approximate surface area is 122 Å². The third kappa shape index (κ3) is 3.60. The molecule has 0 amide bonds. The van der Waals surface area contributed by atoms with E-state index in [2.05, 4.69) is 48.9 Å². The van der Waals surface area contributed by atoms with Gasteiger partial charge in [0.05, 0.1) is 11.0 Å². The third-order valence-electron chi connectivity index (χ3n) is 3.67. The molecule has 110 valence electrons. The molecule has 20 heavy (non-hydrogen) atoms. The van der Waals surface area contributed by atoms with Crippen LogP contribution in [0.2, 0.25) is 0 Å². The molecule has 0 aliphatic heterocycles. The van der Waals surface area contributed by atoms with Crippen molar-refractivity contribution in [2.75, 3.05) is 13.1 Å². The molecular weight excluding hydrogens is 246 g/mol. The van der Waals surface area contributed by atoms with Crippen LogP contribution < -0.4 is 5.32 Å². The Morgan fingerprint density at radius 3 is 2.75 bits per heavy atom. The van der Waals surface area contributed by atoms with Crippen LogP contribution in [-0.2, 0) is 13.0 Å². The maximum atomic E-state index is 4.85. The second-order valence-corrected chi connectivity index (χ2v) is 5.53. The largest absolute Gasteiger partial charge is 0.328 e. The van der Waals surface area contributed by atoms with Gasteiger partial charge in [-0.15, -0.1) is 0 Å². The normalized spacial score (nSPS) is 11.3. The summed E-state index contributed by atoms with van der Waals surface area (Å²) in [6.45, 7) is 9.76. The number of nitrogens with zero attached hydrogens (tertiary/aromatic N) is 2. The van der Waals surface area contributed by atoms with E-state index < -0.39 is 0 Å². The predicted molar refractivity (Wildman–Crippen MR) is 86.2 cm³/mol. The minimum Gasteiger partial charge on any atom is -0.328 e.